The molecule has 0 radical (unpaired) electrons. The normalized spacial score (nSPS) is 14.2. The van der Waals surface area contributed by atoms with Crippen LogP contribution in [0, 0.1) is 0 Å². The zero-order valence-corrected chi connectivity index (χ0v) is 16.0. The number of carbonyl (C=O) groups is 1. The number of benzene rings is 1. The monoisotopic (exact) mass is 376 g/mol. The Balaban J connectivity index is 1.72. The first-order valence-electron chi connectivity index (χ1n) is 8.77. The van der Waals surface area contributed by atoms with Crippen LogP contribution in [0.15, 0.2) is 16.5 Å². The summed E-state index contributed by atoms with van der Waals surface area (Å²) in [5, 5.41) is 8.05. The van der Waals surface area contributed by atoms with Gasteiger partial charge in [-0.1, -0.05) is 12.0 Å². The van der Waals surface area contributed by atoms with Gasteiger partial charge in [-0.2, -0.15) is 0 Å². The van der Waals surface area contributed by atoms with Gasteiger partial charge in [-0.05, 0) is 12.1 Å². The standard InChI is InChI=1S/C18H24N4O5/c1-5-15-19-20-18(27-15)22-8-6-21(7-9-22)17(23)12-10-13(24-2)16(26-4)14(11-12)25-3/h10-11H,5-9H2,1-4H3. The van der Waals surface area contributed by atoms with Crippen molar-refractivity contribution in [3.8, 4) is 17.2 Å². The first-order valence-corrected chi connectivity index (χ1v) is 8.77. The maximum absolute atomic E-state index is 12.9. The van der Waals surface area contributed by atoms with Crippen molar-refractivity contribution in [3.63, 3.8) is 0 Å². The Morgan fingerprint density at radius 1 is 1.04 bits per heavy atom. The van der Waals surface area contributed by atoms with E-state index in [0.717, 1.165) is 0 Å². The molecule has 1 fully saturated rings. The van der Waals surface area contributed by atoms with E-state index in [0.29, 0.717) is 67.3 Å². The molecule has 1 aromatic carbocycles. The summed E-state index contributed by atoms with van der Waals surface area (Å²) in [6, 6.07) is 3.84. The summed E-state index contributed by atoms with van der Waals surface area (Å²) in [5.41, 5.74) is 0.490. The lowest BCUT2D eigenvalue weighted by atomic mass is 10.1. The van der Waals surface area contributed by atoms with Gasteiger partial charge in [0.05, 0.1) is 21.3 Å². The van der Waals surface area contributed by atoms with Crippen LogP contribution in [0.4, 0.5) is 6.01 Å². The summed E-state index contributed by atoms with van der Waals surface area (Å²) in [5.74, 6) is 1.90. The summed E-state index contributed by atoms with van der Waals surface area (Å²) in [6.07, 6.45) is 0.701. The maximum atomic E-state index is 12.9. The van der Waals surface area contributed by atoms with Crippen LogP contribution in [-0.4, -0.2) is 68.5 Å². The summed E-state index contributed by atoms with van der Waals surface area (Å²) < 4.78 is 21.6. The molecule has 1 saturated heterocycles. The number of ether oxygens (including phenoxy) is 3. The van der Waals surface area contributed by atoms with Gasteiger partial charge >= 0.3 is 6.01 Å². The average molecular weight is 376 g/mol. The Morgan fingerprint density at radius 2 is 1.67 bits per heavy atom. The van der Waals surface area contributed by atoms with Crippen LogP contribution in [-0.2, 0) is 6.42 Å². The van der Waals surface area contributed by atoms with Crippen molar-refractivity contribution in [1.29, 1.82) is 0 Å². The molecule has 2 heterocycles. The zero-order chi connectivity index (χ0) is 19.4. The molecule has 0 atom stereocenters. The van der Waals surface area contributed by atoms with Crippen LogP contribution in [0.5, 0.6) is 17.2 Å². The Kier molecular flexibility index (Phi) is 5.68. The van der Waals surface area contributed by atoms with Crippen LogP contribution in [0.25, 0.3) is 0 Å². The van der Waals surface area contributed by atoms with Gasteiger partial charge in [-0.25, -0.2) is 0 Å². The van der Waals surface area contributed by atoms with Gasteiger partial charge in [0.2, 0.25) is 11.6 Å². The molecule has 0 N–H and O–H groups in total. The van der Waals surface area contributed by atoms with E-state index in [-0.39, 0.29) is 5.91 Å². The van der Waals surface area contributed by atoms with Gasteiger partial charge in [0.15, 0.2) is 11.5 Å². The van der Waals surface area contributed by atoms with Gasteiger partial charge in [-0.3, -0.25) is 4.79 Å². The van der Waals surface area contributed by atoms with E-state index in [4.69, 9.17) is 18.6 Å². The second-order valence-electron chi connectivity index (χ2n) is 6.03. The lowest BCUT2D eigenvalue weighted by molar-refractivity contribution is 0.0744. The largest absolute Gasteiger partial charge is 0.493 e. The van der Waals surface area contributed by atoms with Crippen LogP contribution < -0.4 is 19.1 Å². The van der Waals surface area contributed by atoms with Gasteiger partial charge in [0, 0.05) is 38.2 Å². The number of nitrogens with zero attached hydrogens (tertiary/aromatic N) is 4. The lowest BCUT2D eigenvalue weighted by Crippen LogP contribution is -2.49. The number of aryl methyl sites for hydroxylation is 1. The highest BCUT2D eigenvalue weighted by molar-refractivity contribution is 5.95. The number of hydrogen-bond acceptors (Lipinski definition) is 8. The Morgan fingerprint density at radius 3 is 2.15 bits per heavy atom. The molecule has 1 aliphatic rings. The third kappa shape index (κ3) is 3.76. The second kappa shape index (κ2) is 8.15. The lowest BCUT2D eigenvalue weighted by Gasteiger charge is -2.33. The van der Waals surface area contributed by atoms with E-state index in [1.54, 1.807) is 17.0 Å². The first-order chi connectivity index (χ1) is 13.1. The predicted molar refractivity (Wildman–Crippen MR) is 97.9 cm³/mol. The van der Waals surface area contributed by atoms with E-state index >= 15 is 0 Å². The highest BCUT2D eigenvalue weighted by atomic mass is 16.5. The van der Waals surface area contributed by atoms with Crippen molar-refractivity contribution >= 4 is 11.9 Å². The molecule has 9 nitrogen and oxygen atoms in total. The van der Waals surface area contributed by atoms with E-state index in [1.807, 2.05) is 11.8 Å². The van der Waals surface area contributed by atoms with Crippen molar-refractivity contribution in [1.82, 2.24) is 15.1 Å². The minimum absolute atomic E-state index is 0.0892. The number of aromatic nitrogens is 2. The topological polar surface area (TPSA) is 90.2 Å². The molecular weight excluding hydrogens is 352 g/mol. The third-order valence-electron chi connectivity index (χ3n) is 4.51. The molecule has 1 aromatic heterocycles. The average Bonchev–Trinajstić information content (AvgIpc) is 3.21. The predicted octanol–water partition coefficient (Wildman–Crippen LogP) is 1.62. The van der Waals surface area contributed by atoms with E-state index in [2.05, 4.69) is 10.2 Å². The van der Waals surface area contributed by atoms with E-state index in [1.165, 1.54) is 21.3 Å². The van der Waals surface area contributed by atoms with Crippen molar-refractivity contribution in [2.45, 2.75) is 13.3 Å². The summed E-state index contributed by atoms with van der Waals surface area (Å²) in [6.45, 7) is 4.33. The van der Waals surface area contributed by atoms with Crippen molar-refractivity contribution < 1.29 is 23.4 Å². The number of carbonyl (C=O) groups excluding carboxylic acids is 1. The van der Waals surface area contributed by atoms with Crippen LogP contribution >= 0.6 is 0 Å². The molecule has 146 valence electrons. The maximum Gasteiger partial charge on any atom is 0.318 e. The van der Waals surface area contributed by atoms with Crippen LogP contribution in [0.2, 0.25) is 0 Å². The minimum atomic E-state index is -0.0892. The van der Waals surface area contributed by atoms with Gasteiger partial charge < -0.3 is 28.4 Å². The van der Waals surface area contributed by atoms with Gasteiger partial charge in [-0.15, -0.1) is 5.10 Å². The minimum Gasteiger partial charge on any atom is -0.493 e. The quantitative estimate of drug-likeness (QED) is 0.751. The Hall–Kier alpha value is -2.97. The SMILES string of the molecule is CCc1nnc(N2CCN(C(=O)c3cc(OC)c(OC)c(OC)c3)CC2)o1. The fourth-order valence-electron chi connectivity index (χ4n) is 3.00. The highest BCUT2D eigenvalue weighted by Gasteiger charge is 2.26. The highest BCUT2D eigenvalue weighted by Crippen LogP contribution is 2.38. The Bertz CT molecular complexity index is 774. The number of amides is 1. The van der Waals surface area contributed by atoms with Crippen LogP contribution in [0.3, 0.4) is 0 Å². The van der Waals surface area contributed by atoms with Crippen molar-refractivity contribution in [3.05, 3.63) is 23.6 Å². The van der Waals surface area contributed by atoms with Gasteiger partial charge in [0.1, 0.15) is 0 Å². The van der Waals surface area contributed by atoms with E-state index in [9.17, 15) is 4.79 Å². The molecule has 0 unspecified atom stereocenters. The van der Waals surface area contributed by atoms with Crippen molar-refractivity contribution in [2.75, 3.05) is 52.4 Å². The second-order valence-corrected chi connectivity index (χ2v) is 6.03. The molecule has 0 spiro atoms. The van der Waals surface area contributed by atoms with E-state index < -0.39 is 0 Å². The molecule has 3 rings (SSSR count). The first kappa shape index (κ1) is 18.8. The van der Waals surface area contributed by atoms with Crippen LogP contribution in [0.1, 0.15) is 23.2 Å². The fourth-order valence-corrected chi connectivity index (χ4v) is 3.00. The van der Waals surface area contributed by atoms with Crippen molar-refractivity contribution in [2.24, 2.45) is 0 Å². The smallest absolute Gasteiger partial charge is 0.318 e. The molecule has 27 heavy (non-hydrogen) atoms. The molecule has 1 amide bonds. The fraction of sp³-hybridized carbons (Fsp3) is 0.500. The number of methoxy groups -OCH3 is 3. The summed E-state index contributed by atoms with van der Waals surface area (Å²) >= 11 is 0. The Labute approximate surface area is 157 Å². The number of anilines is 1. The number of piperazine rings is 1. The summed E-state index contributed by atoms with van der Waals surface area (Å²) in [7, 11) is 4.58. The molecule has 2 aromatic rings. The molecule has 9 heteroatoms. The zero-order valence-electron chi connectivity index (χ0n) is 16.0. The van der Waals surface area contributed by atoms with Gasteiger partial charge in [0.25, 0.3) is 5.91 Å². The molecule has 1 aliphatic heterocycles. The summed E-state index contributed by atoms with van der Waals surface area (Å²) in [4.78, 5) is 16.7. The molecule has 0 bridgehead atoms. The number of hydrogen-bond donors (Lipinski definition) is 0. The molecule has 0 aliphatic carbocycles. The molecule has 0 saturated carbocycles. The molecular formula is C18H24N4O5. The third-order valence-corrected chi connectivity index (χ3v) is 4.51. The number of rotatable bonds is 6.